The number of benzene rings is 2. The zero-order valence-electron chi connectivity index (χ0n) is 20.8. The summed E-state index contributed by atoms with van der Waals surface area (Å²) in [6.45, 7) is 0.769. The highest BCUT2D eigenvalue weighted by Gasteiger charge is 2.38. The van der Waals surface area contributed by atoms with Gasteiger partial charge in [-0.15, -0.1) is 0 Å². The van der Waals surface area contributed by atoms with Crippen molar-refractivity contribution in [1.82, 2.24) is 14.8 Å². The summed E-state index contributed by atoms with van der Waals surface area (Å²) in [7, 11) is 0. The zero-order chi connectivity index (χ0) is 28.0. The molecule has 2 unspecified atom stereocenters. The van der Waals surface area contributed by atoms with E-state index in [2.05, 4.69) is 4.98 Å². The number of rotatable bonds is 9. The third kappa shape index (κ3) is 7.57. The van der Waals surface area contributed by atoms with E-state index in [9.17, 15) is 31.1 Å². The van der Waals surface area contributed by atoms with Crippen LogP contribution in [0.5, 0.6) is 0 Å². The molecule has 39 heavy (non-hydrogen) atoms. The number of nitrogens with zero attached hydrogens (tertiary/aromatic N) is 3. The Kier molecular flexibility index (Phi) is 8.91. The minimum Gasteiger partial charge on any atom is -0.372 e. The molecule has 5 nitrogen and oxygen atoms in total. The number of amides is 1. The fraction of sp³-hybridized carbons (Fsp3) is 0.357. The van der Waals surface area contributed by atoms with Gasteiger partial charge in [0.05, 0.1) is 36.5 Å². The minimum absolute atomic E-state index is 0.106. The van der Waals surface area contributed by atoms with Crippen LogP contribution < -0.4 is 0 Å². The van der Waals surface area contributed by atoms with E-state index in [1.165, 1.54) is 0 Å². The minimum atomic E-state index is -4.93. The summed E-state index contributed by atoms with van der Waals surface area (Å²) in [6.07, 6.45) is -5.15. The lowest BCUT2D eigenvalue weighted by Crippen LogP contribution is -2.47. The number of pyridine rings is 1. The molecule has 208 valence electrons. The van der Waals surface area contributed by atoms with Gasteiger partial charge in [-0.1, -0.05) is 36.4 Å². The molecule has 11 heteroatoms. The van der Waals surface area contributed by atoms with Gasteiger partial charge in [-0.2, -0.15) is 26.3 Å². The second-order valence-electron chi connectivity index (χ2n) is 9.43. The quantitative estimate of drug-likeness (QED) is 0.226. The van der Waals surface area contributed by atoms with Crippen LogP contribution in [0.3, 0.4) is 0 Å². The van der Waals surface area contributed by atoms with Gasteiger partial charge in [0.1, 0.15) is 0 Å². The largest absolute Gasteiger partial charge is 0.416 e. The van der Waals surface area contributed by atoms with Gasteiger partial charge in [-0.3, -0.25) is 14.7 Å². The lowest BCUT2D eigenvalue weighted by Gasteiger charge is -2.43. The van der Waals surface area contributed by atoms with Crippen molar-refractivity contribution in [2.45, 2.75) is 50.5 Å². The van der Waals surface area contributed by atoms with Crippen LogP contribution in [0.1, 0.15) is 46.7 Å². The number of carbonyl (C=O) groups excluding carboxylic acids is 1. The summed E-state index contributed by atoms with van der Waals surface area (Å²) in [6, 6.07) is 14.0. The molecule has 4 rings (SSSR count). The van der Waals surface area contributed by atoms with Crippen molar-refractivity contribution >= 4 is 6.41 Å². The van der Waals surface area contributed by atoms with E-state index < -0.39 is 36.2 Å². The molecule has 1 fully saturated rings. The third-order valence-corrected chi connectivity index (χ3v) is 6.55. The van der Waals surface area contributed by atoms with Gasteiger partial charge >= 0.3 is 12.4 Å². The van der Waals surface area contributed by atoms with E-state index in [1.54, 1.807) is 23.4 Å². The molecule has 2 aromatic carbocycles. The highest BCUT2D eigenvalue weighted by atomic mass is 19.4. The van der Waals surface area contributed by atoms with E-state index in [0.29, 0.717) is 38.1 Å². The normalized spacial score (nSPS) is 18.6. The summed E-state index contributed by atoms with van der Waals surface area (Å²) in [5.41, 5.74) is -1.26. The molecule has 0 spiro atoms. The topological polar surface area (TPSA) is 45.7 Å². The van der Waals surface area contributed by atoms with Gasteiger partial charge < -0.3 is 9.64 Å². The Labute approximate surface area is 222 Å². The van der Waals surface area contributed by atoms with Crippen molar-refractivity contribution in [2.24, 2.45) is 0 Å². The van der Waals surface area contributed by atoms with Crippen LogP contribution >= 0.6 is 0 Å². The van der Waals surface area contributed by atoms with Crippen LogP contribution in [0.15, 0.2) is 73.1 Å². The number of piperidine rings is 1. The number of hydrogen-bond donors (Lipinski definition) is 0. The Morgan fingerprint density at radius 2 is 1.64 bits per heavy atom. The molecule has 1 aliphatic rings. The Balaban J connectivity index is 1.57. The molecular weight excluding hydrogens is 524 g/mol. The van der Waals surface area contributed by atoms with Crippen molar-refractivity contribution in [3.05, 3.63) is 101 Å². The SMILES string of the molecule is O=CN(Cc1cccnc1)CN1CCCC(OCc2cc(C(F)(F)F)cc(C(F)(F)F)c2)C1c1ccccc1. The number of likely N-dealkylation sites (tertiary alicyclic amines) is 1. The maximum Gasteiger partial charge on any atom is 0.416 e. The first-order valence-corrected chi connectivity index (χ1v) is 12.3. The summed E-state index contributed by atoms with van der Waals surface area (Å²) in [5, 5.41) is 0. The van der Waals surface area contributed by atoms with Crippen molar-refractivity contribution < 1.29 is 35.9 Å². The van der Waals surface area contributed by atoms with Crippen LogP contribution in [0.25, 0.3) is 0 Å². The first-order chi connectivity index (χ1) is 18.5. The molecule has 0 bridgehead atoms. The second kappa shape index (κ2) is 12.2. The summed E-state index contributed by atoms with van der Waals surface area (Å²) >= 11 is 0. The predicted octanol–water partition coefficient (Wildman–Crippen LogP) is 6.46. The zero-order valence-corrected chi connectivity index (χ0v) is 20.8. The molecule has 0 N–H and O–H groups in total. The number of hydrogen-bond acceptors (Lipinski definition) is 4. The van der Waals surface area contributed by atoms with Crippen molar-refractivity contribution in [3.63, 3.8) is 0 Å². The molecule has 3 aromatic rings. The molecule has 0 aliphatic carbocycles. The van der Waals surface area contributed by atoms with E-state index in [4.69, 9.17) is 4.74 Å². The van der Waals surface area contributed by atoms with E-state index >= 15 is 0 Å². The Bertz CT molecular complexity index is 1190. The first-order valence-electron chi connectivity index (χ1n) is 12.3. The Morgan fingerprint density at radius 3 is 2.23 bits per heavy atom. The lowest BCUT2D eigenvalue weighted by atomic mass is 9.92. The molecule has 0 saturated carbocycles. The number of halogens is 6. The average Bonchev–Trinajstić information content (AvgIpc) is 2.91. The Morgan fingerprint density at radius 1 is 0.949 bits per heavy atom. The van der Waals surface area contributed by atoms with Crippen LogP contribution in [0.2, 0.25) is 0 Å². The van der Waals surface area contributed by atoms with Crippen LogP contribution in [0.4, 0.5) is 26.3 Å². The van der Waals surface area contributed by atoms with Gasteiger partial charge in [0.2, 0.25) is 6.41 Å². The van der Waals surface area contributed by atoms with Gasteiger partial charge in [-0.25, -0.2) is 0 Å². The van der Waals surface area contributed by atoms with Crippen molar-refractivity contribution in [3.8, 4) is 0 Å². The second-order valence-corrected chi connectivity index (χ2v) is 9.43. The Hall–Kier alpha value is -3.44. The molecule has 1 aliphatic heterocycles. The van der Waals surface area contributed by atoms with Crippen LogP contribution in [-0.4, -0.2) is 40.5 Å². The standard InChI is InChI=1S/C28H27F6N3O2/c29-27(30,31)23-12-21(13-24(14-23)28(32,33)34)17-39-25-9-5-11-37(26(25)22-7-2-1-3-8-22)18-36(19-38)16-20-6-4-10-35-15-20/h1-4,6-8,10,12-15,19,25-26H,5,9,11,16-18H2. The maximum atomic E-state index is 13.3. The van der Waals surface area contributed by atoms with Crippen molar-refractivity contribution in [2.75, 3.05) is 13.2 Å². The van der Waals surface area contributed by atoms with E-state index in [-0.39, 0.29) is 24.3 Å². The third-order valence-electron chi connectivity index (χ3n) is 6.55. The molecule has 2 atom stereocenters. The molecule has 2 heterocycles. The van der Waals surface area contributed by atoms with Gasteiger partial charge in [-0.05, 0) is 53.8 Å². The predicted molar refractivity (Wildman–Crippen MR) is 131 cm³/mol. The molecule has 1 amide bonds. The summed E-state index contributed by atoms with van der Waals surface area (Å²) in [5.74, 6) is 0. The highest BCUT2D eigenvalue weighted by molar-refractivity contribution is 5.47. The van der Waals surface area contributed by atoms with Gasteiger partial charge in [0, 0.05) is 25.5 Å². The fourth-order valence-electron chi connectivity index (χ4n) is 4.82. The maximum absolute atomic E-state index is 13.3. The number of aromatic nitrogens is 1. The number of alkyl halides is 6. The van der Waals surface area contributed by atoms with Crippen molar-refractivity contribution in [1.29, 1.82) is 0 Å². The van der Waals surface area contributed by atoms with Crippen LogP contribution in [0, 0.1) is 0 Å². The van der Waals surface area contributed by atoms with Gasteiger partial charge in [0.15, 0.2) is 0 Å². The monoisotopic (exact) mass is 551 g/mol. The van der Waals surface area contributed by atoms with Crippen LogP contribution in [-0.2, 0) is 35.0 Å². The smallest absolute Gasteiger partial charge is 0.372 e. The summed E-state index contributed by atoms with van der Waals surface area (Å²) in [4.78, 5) is 19.6. The lowest BCUT2D eigenvalue weighted by molar-refractivity contribution is -0.143. The average molecular weight is 552 g/mol. The fourth-order valence-corrected chi connectivity index (χ4v) is 4.82. The molecule has 1 saturated heterocycles. The first kappa shape index (κ1) is 28.6. The molecular formula is C28H27F6N3O2. The van der Waals surface area contributed by atoms with E-state index in [0.717, 1.165) is 17.5 Å². The number of carbonyl (C=O) groups is 1. The van der Waals surface area contributed by atoms with Gasteiger partial charge in [0.25, 0.3) is 0 Å². The summed E-state index contributed by atoms with van der Waals surface area (Å²) < 4.78 is 86.0. The van der Waals surface area contributed by atoms with E-state index in [1.807, 2.05) is 41.3 Å². The number of ether oxygens (including phenoxy) is 1. The molecule has 1 aromatic heterocycles. The molecule has 0 radical (unpaired) electrons. The highest BCUT2D eigenvalue weighted by Crippen LogP contribution is 2.38.